The van der Waals surface area contributed by atoms with Gasteiger partial charge >= 0.3 is 0 Å². The van der Waals surface area contributed by atoms with E-state index in [4.69, 9.17) is 0 Å². The van der Waals surface area contributed by atoms with Crippen molar-refractivity contribution in [3.63, 3.8) is 0 Å². The molecule has 10 heteroatoms. The normalized spacial score (nSPS) is 38.5. The molecule has 1 aromatic carbocycles. The van der Waals surface area contributed by atoms with Gasteiger partial charge in [-0.1, -0.05) is 13.8 Å². The number of hydrogen-bond acceptors (Lipinski definition) is 7. The Hall–Kier alpha value is -2.88. The predicted octanol–water partition coefficient (Wildman–Crippen LogP) is 4.99. The Bertz CT molecular complexity index is 1110. The average molecular weight is 499 g/mol. The number of nitro groups is 2. The Morgan fingerprint density at radius 2 is 1.69 bits per heavy atom. The molecular weight excluding hydrogens is 464 g/mol. The van der Waals surface area contributed by atoms with E-state index in [1.165, 1.54) is 6.42 Å². The van der Waals surface area contributed by atoms with Crippen LogP contribution in [0.5, 0.6) is 0 Å². The Kier molecular flexibility index (Phi) is 6.13. The maximum Gasteiger partial charge on any atom is 0.277 e. The predicted molar refractivity (Wildman–Crippen MR) is 132 cm³/mol. The van der Waals surface area contributed by atoms with E-state index in [2.05, 4.69) is 24.4 Å². The monoisotopic (exact) mass is 498 g/mol. The summed E-state index contributed by atoms with van der Waals surface area (Å²) in [6, 6.07) is 2.91. The van der Waals surface area contributed by atoms with Crippen LogP contribution in [0, 0.1) is 54.7 Å². The molecule has 36 heavy (non-hydrogen) atoms. The van der Waals surface area contributed by atoms with E-state index in [0.717, 1.165) is 75.3 Å². The fourth-order valence-corrected chi connectivity index (χ4v) is 8.33. The third kappa shape index (κ3) is 3.99. The number of rotatable bonds is 4. The van der Waals surface area contributed by atoms with Gasteiger partial charge in [0, 0.05) is 23.3 Å². The molecule has 0 bridgehead atoms. The van der Waals surface area contributed by atoms with Crippen LogP contribution < -0.4 is 5.43 Å². The Labute approximate surface area is 209 Å². The summed E-state index contributed by atoms with van der Waals surface area (Å²) in [5.74, 6) is 1.67. The molecule has 1 amide bonds. The van der Waals surface area contributed by atoms with Gasteiger partial charge in [0.1, 0.15) is 0 Å². The van der Waals surface area contributed by atoms with Crippen molar-refractivity contribution in [1.29, 1.82) is 0 Å². The second kappa shape index (κ2) is 8.90. The summed E-state index contributed by atoms with van der Waals surface area (Å²) in [6.45, 7) is 4.70. The number of hydrogen-bond donors (Lipinski definition) is 2. The second-order valence-electron chi connectivity index (χ2n) is 11.8. The number of carbonyl (C=O) groups excluding carboxylic acids is 1. The highest BCUT2D eigenvalue weighted by Gasteiger charge is 2.59. The quantitative estimate of drug-likeness (QED) is 0.441. The molecule has 0 radical (unpaired) electrons. The number of hydrazone groups is 1. The Morgan fingerprint density at radius 3 is 2.36 bits per heavy atom. The molecule has 5 rings (SSSR count). The van der Waals surface area contributed by atoms with Crippen LogP contribution in [0.4, 0.5) is 11.4 Å². The summed E-state index contributed by atoms with van der Waals surface area (Å²) in [5, 5.41) is 37.1. The van der Waals surface area contributed by atoms with Gasteiger partial charge in [-0.15, -0.1) is 0 Å². The van der Waals surface area contributed by atoms with Crippen LogP contribution >= 0.6 is 0 Å². The molecule has 2 N–H and O–H groups in total. The fourth-order valence-electron chi connectivity index (χ4n) is 8.33. The molecule has 0 unspecified atom stereocenters. The average Bonchev–Trinajstić information content (AvgIpc) is 3.18. The topological polar surface area (TPSA) is 148 Å². The van der Waals surface area contributed by atoms with Gasteiger partial charge in [-0.05, 0) is 86.9 Å². The first-order chi connectivity index (χ1) is 17.0. The van der Waals surface area contributed by atoms with E-state index in [0.29, 0.717) is 23.7 Å². The summed E-state index contributed by atoms with van der Waals surface area (Å²) >= 11 is 0. The molecule has 0 heterocycles. The molecule has 4 aliphatic carbocycles. The number of nitrogens with one attached hydrogen (secondary N) is 1. The molecule has 0 spiro atoms. The minimum absolute atomic E-state index is 0.111. The van der Waals surface area contributed by atoms with Crippen LogP contribution in [-0.4, -0.2) is 32.7 Å². The maximum atomic E-state index is 12.8. The lowest BCUT2D eigenvalue weighted by molar-refractivity contribution is -0.394. The first-order valence-electron chi connectivity index (χ1n) is 13.0. The summed E-state index contributed by atoms with van der Waals surface area (Å²) in [7, 11) is 0. The number of amides is 1. The van der Waals surface area contributed by atoms with E-state index in [9.17, 15) is 30.1 Å². The van der Waals surface area contributed by atoms with Gasteiger partial charge in [-0.25, -0.2) is 5.43 Å². The van der Waals surface area contributed by atoms with Crippen molar-refractivity contribution >= 4 is 23.0 Å². The minimum atomic E-state index is -0.751. The smallest absolute Gasteiger partial charge is 0.277 e. The molecular formula is C26H34N4O6. The first kappa shape index (κ1) is 24.8. The van der Waals surface area contributed by atoms with Crippen LogP contribution in [-0.2, 0) is 0 Å². The number of fused-ring (bicyclic) bond motifs is 5. The van der Waals surface area contributed by atoms with Crippen LogP contribution in [0.15, 0.2) is 23.3 Å². The van der Waals surface area contributed by atoms with E-state index in [-0.39, 0.29) is 22.5 Å². The maximum absolute atomic E-state index is 12.8. The standard InChI is InChI=1S/C26H34N4O6/c1-25-9-7-19(31)13-16(25)3-4-20-21-5-6-23(26(21,2)10-8-22(20)25)27-28-24(32)15-11-17(29(33)34)14-18(12-15)30(35)36/h11-12,14,16,19-22,31H,3-10,13H2,1-2H3,(H,28,32)/b27-23-/t16-,19+,20+,21+,22-,25-,26+/m0/s1. The number of non-ortho nitro benzene ring substituents is 2. The molecule has 194 valence electrons. The highest BCUT2D eigenvalue weighted by molar-refractivity contribution is 5.98. The highest BCUT2D eigenvalue weighted by atomic mass is 16.6. The third-order valence-electron chi connectivity index (χ3n) is 10.3. The molecule has 0 saturated heterocycles. The summed E-state index contributed by atoms with van der Waals surface area (Å²) in [6.07, 6.45) is 9.03. The highest BCUT2D eigenvalue weighted by Crippen LogP contribution is 2.65. The zero-order valence-corrected chi connectivity index (χ0v) is 20.8. The molecule has 4 aliphatic rings. The molecule has 4 saturated carbocycles. The number of aliphatic hydroxyl groups excluding tert-OH is 1. The molecule has 0 aromatic heterocycles. The third-order valence-corrected chi connectivity index (χ3v) is 10.3. The zero-order valence-electron chi connectivity index (χ0n) is 20.8. The number of nitro benzene ring substituents is 2. The second-order valence-corrected chi connectivity index (χ2v) is 11.8. The van der Waals surface area contributed by atoms with Crippen molar-refractivity contribution in [2.24, 2.45) is 39.6 Å². The van der Waals surface area contributed by atoms with Gasteiger partial charge in [0.05, 0.1) is 27.6 Å². The van der Waals surface area contributed by atoms with Crippen molar-refractivity contribution in [2.45, 2.75) is 77.7 Å². The first-order valence-corrected chi connectivity index (χ1v) is 13.0. The molecule has 7 atom stereocenters. The van der Waals surface area contributed by atoms with Crippen molar-refractivity contribution in [3.05, 3.63) is 44.0 Å². The van der Waals surface area contributed by atoms with E-state index < -0.39 is 27.1 Å². The fraction of sp³-hybridized carbons (Fsp3) is 0.692. The van der Waals surface area contributed by atoms with Crippen molar-refractivity contribution in [3.8, 4) is 0 Å². The number of benzene rings is 1. The molecule has 0 aliphatic heterocycles. The van der Waals surface area contributed by atoms with Crippen LogP contribution in [0.2, 0.25) is 0 Å². The van der Waals surface area contributed by atoms with Gasteiger partial charge in [0.25, 0.3) is 17.3 Å². The van der Waals surface area contributed by atoms with E-state index in [1.807, 2.05) is 0 Å². The SMILES string of the molecule is C[C@]12CC[C@@H](O)C[C@@H]1CC[C@@H]1[C@H]3CC/C(=N/NC(=O)c4cc([N+](=O)[O-])cc([N+](=O)[O-])c4)[C@]3(C)CC[C@@H]12. The van der Waals surface area contributed by atoms with Crippen LogP contribution in [0.3, 0.4) is 0 Å². The Morgan fingerprint density at radius 1 is 1.00 bits per heavy atom. The van der Waals surface area contributed by atoms with Gasteiger partial charge in [-0.3, -0.25) is 25.0 Å². The summed E-state index contributed by atoms with van der Waals surface area (Å²) < 4.78 is 0. The van der Waals surface area contributed by atoms with Gasteiger partial charge in [-0.2, -0.15) is 5.10 Å². The van der Waals surface area contributed by atoms with E-state index in [1.54, 1.807) is 0 Å². The van der Waals surface area contributed by atoms with Gasteiger partial charge in [0.15, 0.2) is 0 Å². The molecule has 10 nitrogen and oxygen atoms in total. The van der Waals surface area contributed by atoms with Crippen molar-refractivity contribution < 1.29 is 19.7 Å². The number of aliphatic hydroxyl groups is 1. The zero-order chi connectivity index (χ0) is 25.8. The van der Waals surface area contributed by atoms with Gasteiger partial charge in [0.2, 0.25) is 0 Å². The minimum Gasteiger partial charge on any atom is -0.393 e. The lowest BCUT2D eigenvalue weighted by atomic mass is 9.45. The van der Waals surface area contributed by atoms with E-state index >= 15 is 0 Å². The summed E-state index contributed by atoms with van der Waals surface area (Å²) in [5.41, 5.74) is 2.49. The number of nitrogens with zero attached hydrogens (tertiary/aromatic N) is 3. The summed E-state index contributed by atoms with van der Waals surface area (Å²) in [4.78, 5) is 33.6. The van der Waals surface area contributed by atoms with Crippen molar-refractivity contribution in [2.75, 3.05) is 0 Å². The lowest BCUT2D eigenvalue weighted by Gasteiger charge is -2.60. The Balaban J connectivity index is 1.34. The van der Waals surface area contributed by atoms with Crippen LogP contribution in [0.1, 0.15) is 82.0 Å². The number of carbonyl (C=O) groups is 1. The lowest BCUT2D eigenvalue weighted by Crippen LogP contribution is -2.54. The van der Waals surface area contributed by atoms with Crippen LogP contribution in [0.25, 0.3) is 0 Å². The van der Waals surface area contributed by atoms with Gasteiger partial charge < -0.3 is 5.11 Å². The molecule has 4 fully saturated rings. The largest absolute Gasteiger partial charge is 0.393 e. The molecule has 1 aromatic rings. The van der Waals surface area contributed by atoms with Crippen molar-refractivity contribution in [1.82, 2.24) is 5.43 Å².